The molecule has 0 radical (unpaired) electrons. The second-order valence-electron chi connectivity index (χ2n) is 4.27. The van der Waals surface area contributed by atoms with Crippen LogP contribution >= 0.6 is 0 Å². The maximum atomic E-state index is 11.7. The topological polar surface area (TPSA) is 98.7 Å². The lowest BCUT2D eigenvalue weighted by Crippen LogP contribution is -2.55. The summed E-state index contributed by atoms with van der Waals surface area (Å²) in [5, 5.41) is 13.9. The smallest absolute Gasteiger partial charge is 0.329 e. The van der Waals surface area contributed by atoms with E-state index in [0.717, 1.165) is 0 Å². The van der Waals surface area contributed by atoms with Crippen LogP contribution in [0.5, 0.6) is 0 Å². The van der Waals surface area contributed by atoms with Gasteiger partial charge in [0.25, 0.3) is 0 Å². The molecule has 0 aromatic carbocycles. The molecule has 0 aliphatic rings. The highest BCUT2D eigenvalue weighted by atomic mass is 16.4. The van der Waals surface area contributed by atoms with Crippen LogP contribution in [0.4, 0.5) is 4.79 Å². The van der Waals surface area contributed by atoms with Crippen molar-refractivity contribution in [1.29, 1.82) is 0 Å². The van der Waals surface area contributed by atoms with Crippen LogP contribution < -0.4 is 10.6 Å². The molecule has 0 aliphatic heterocycles. The van der Waals surface area contributed by atoms with Crippen LogP contribution in [-0.4, -0.2) is 54.1 Å². The average molecular weight is 259 g/mol. The number of aliphatic carboxylic acids is 1. The van der Waals surface area contributed by atoms with Gasteiger partial charge in [-0.25, -0.2) is 9.59 Å². The molecule has 0 aromatic rings. The molecule has 0 spiro atoms. The highest BCUT2D eigenvalue weighted by molar-refractivity contribution is 5.86. The molecule has 3 N–H and O–H groups in total. The predicted octanol–water partition coefficient (Wildman–Crippen LogP) is 0.0172. The zero-order valence-corrected chi connectivity index (χ0v) is 11.2. The van der Waals surface area contributed by atoms with Crippen molar-refractivity contribution in [3.05, 3.63) is 0 Å². The van der Waals surface area contributed by atoms with E-state index in [9.17, 15) is 14.4 Å². The summed E-state index contributed by atoms with van der Waals surface area (Å²) in [6.07, 6.45) is 0.452. The van der Waals surface area contributed by atoms with E-state index in [-0.39, 0.29) is 25.3 Å². The number of hydrogen-bond donors (Lipinski definition) is 3. The zero-order valence-electron chi connectivity index (χ0n) is 11.2. The quantitative estimate of drug-likeness (QED) is 0.626. The van der Waals surface area contributed by atoms with Crippen molar-refractivity contribution in [3.8, 4) is 0 Å². The summed E-state index contributed by atoms with van der Waals surface area (Å²) >= 11 is 0. The SMILES string of the molecule is CCC(C)(NC(=O)N(C)CCC(=O)NC)C(=O)O. The molecule has 0 heterocycles. The molecule has 0 aromatic heterocycles. The molecule has 0 saturated heterocycles. The number of carbonyl (C=O) groups excluding carboxylic acids is 2. The molecule has 7 nitrogen and oxygen atoms in total. The molecular weight excluding hydrogens is 238 g/mol. The number of hydrogen-bond acceptors (Lipinski definition) is 3. The first-order valence-electron chi connectivity index (χ1n) is 5.74. The molecule has 104 valence electrons. The maximum absolute atomic E-state index is 11.7. The third-order valence-electron chi connectivity index (χ3n) is 2.86. The fourth-order valence-electron chi connectivity index (χ4n) is 1.12. The van der Waals surface area contributed by atoms with Crippen LogP contribution in [0.1, 0.15) is 26.7 Å². The summed E-state index contributed by atoms with van der Waals surface area (Å²) in [7, 11) is 3.02. The maximum Gasteiger partial charge on any atom is 0.329 e. The molecule has 0 rings (SSSR count). The van der Waals surface area contributed by atoms with Gasteiger partial charge in [-0.1, -0.05) is 6.92 Å². The number of nitrogens with zero attached hydrogens (tertiary/aromatic N) is 1. The molecule has 18 heavy (non-hydrogen) atoms. The van der Waals surface area contributed by atoms with Crippen LogP contribution in [0.2, 0.25) is 0 Å². The Morgan fingerprint density at radius 1 is 1.33 bits per heavy atom. The first kappa shape index (κ1) is 16.2. The van der Waals surface area contributed by atoms with Gasteiger partial charge in [-0.05, 0) is 13.3 Å². The Hall–Kier alpha value is -1.79. The van der Waals surface area contributed by atoms with Gasteiger partial charge in [-0.2, -0.15) is 0 Å². The van der Waals surface area contributed by atoms with E-state index in [4.69, 9.17) is 5.11 Å². The Morgan fingerprint density at radius 3 is 2.28 bits per heavy atom. The van der Waals surface area contributed by atoms with Gasteiger partial charge in [0.05, 0.1) is 0 Å². The standard InChI is InChI=1S/C11H21N3O4/c1-5-11(2,9(16)17)13-10(18)14(4)7-6-8(15)12-3/h5-7H2,1-4H3,(H,12,15)(H,13,18)(H,16,17). The van der Waals surface area contributed by atoms with Gasteiger partial charge in [0.2, 0.25) is 5.91 Å². The van der Waals surface area contributed by atoms with Gasteiger partial charge >= 0.3 is 12.0 Å². The fourth-order valence-corrected chi connectivity index (χ4v) is 1.12. The highest BCUT2D eigenvalue weighted by Gasteiger charge is 2.33. The lowest BCUT2D eigenvalue weighted by molar-refractivity contribution is -0.143. The molecule has 0 saturated carbocycles. The minimum absolute atomic E-state index is 0.175. The van der Waals surface area contributed by atoms with Gasteiger partial charge in [-0.3, -0.25) is 4.79 Å². The largest absolute Gasteiger partial charge is 0.480 e. The van der Waals surface area contributed by atoms with Gasteiger partial charge in [0, 0.05) is 27.1 Å². The molecule has 0 bridgehead atoms. The normalized spacial score (nSPS) is 13.3. The minimum atomic E-state index is -1.29. The van der Waals surface area contributed by atoms with Crippen LogP contribution in [0.25, 0.3) is 0 Å². The van der Waals surface area contributed by atoms with E-state index < -0.39 is 17.5 Å². The fraction of sp³-hybridized carbons (Fsp3) is 0.727. The third kappa shape index (κ3) is 4.60. The first-order valence-corrected chi connectivity index (χ1v) is 5.74. The van der Waals surface area contributed by atoms with Crippen molar-refractivity contribution < 1.29 is 19.5 Å². The number of carboxylic acid groups (broad SMARTS) is 1. The van der Waals surface area contributed by atoms with Crippen molar-refractivity contribution >= 4 is 17.9 Å². The Balaban J connectivity index is 4.39. The predicted molar refractivity (Wildman–Crippen MR) is 66.2 cm³/mol. The van der Waals surface area contributed by atoms with Crippen molar-refractivity contribution in [2.75, 3.05) is 20.6 Å². The number of amides is 3. The van der Waals surface area contributed by atoms with Crippen LogP contribution in [0.3, 0.4) is 0 Å². The molecule has 1 unspecified atom stereocenters. The van der Waals surface area contributed by atoms with Crippen molar-refractivity contribution in [1.82, 2.24) is 15.5 Å². The molecule has 7 heteroatoms. The van der Waals surface area contributed by atoms with Gasteiger partial charge in [0.1, 0.15) is 5.54 Å². The summed E-state index contributed by atoms with van der Waals surface area (Å²) in [6, 6.07) is -0.509. The third-order valence-corrected chi connectivity index (χ3v) is 2.86. The van der Waals surface area contributed by atoms with E-state index in [1.165, 1.54) is 25.9 Å². The molecule has 3 amide bonds. The van der Waals surface area contributed by atoms with Crippen molar-refractivity contribution in [3.63, 3.8) is 0 Å². The molecule has 0 fully saturated rings. The minimum Gasteiger partial charge on any atom is -0.480 e. The van der Waals surface area contributed by atoms with E-state index in [0.29, 0.717) is 0 Å². The molecule has 1 atom stereocenters. The molecular formula is C11H21N3O4. The van der Waals surface area contributed by atoms with E-state index in [1.807, 2.05) is 0 Å². The van der Waals surface area contributed by atoms with Crippen LogP contribution in [0, 0.1) is 0 Å². The summed E-state index contributed by atoms with van der Waals surface area (Å²) in [4.78, 5) is 35.1. The van der Waals surface area contributed by atoms with Gasteiger partial charge in [-0.15, -0.1) is 0 Å². The Labute approximate surface area is 107 Å². The van der Waals surface area contributed by atoms with Crippen LogP contribution in [0.15, 0.2) is 0 Å². The van der Waals surface area contributed by atoms with Crippen LogP contribution in [-0.2, 0) is 9.59 Å². The highest BCUT2D eigenvalue weighted by Crippen LogP contribution is 2.09. The number of rotatable bonds is 6. The first-order chi connectivity index (χ1) is 8.26. The Kier molecular flexibility index (Phi) is 6.15. The zero-order chi connectivity index (χ0) is 14.3. The monoisotopic (exact) mass is 259 g/mol. The Bertz CT molecular complexity index is 332. The van der Waals surface area contributed by atoms with Crippen molar-refractivity contribution in [2.45, 2.75) is 32.2 Å². The van der Waals surface area contributed by atoms with E-state index in [1.54, 1.807) is 6.92 Å². The summed E-state index contributed by atoms with van der Waals surface area (Å²) in [5.41, 5.74) is -1.29. The van der Waals surface area contributed by atoms with E-state index in [2.05, 4.69) is 10.6 Å². The second kappa shape index (κ2) is 6.83. The summed E-state index contributed by atoms with van der Waals surface area (Å²) in [6.45, 7) is 3.35. The van der Waals surface area contributed by atoms with Crippen molar-refractivity contribution in [2.24, 2.45) is 0 Å². The molecule has 0 aliphatic carbocycles. The number of carboxylic acids is 1. The number of urea groups is 1. The lowest BCUT2D eigenvalue weighted by atomic mass is 10.00. The Morgan fingerprint density at radius 2 is 1.89 bits per heavy atom. The number of nitrogens with one attached hydrogen (secondary N) is 2. The summed E-state index contributed by atoms with van der Waals surface area (Å²) in [5.74, 6) is -1.26. The number of carbonyl (C=O) groups is 3. The van der Waals surface area contributed by atoms with Gasteiger partial charge < -0.3 is 20.6 Å². The summed E-state index contributed by atoms with van der Waals surface area (Å²) < 4.78 is 0. The average Bonchev–Trinajstić information content (AvgIpc) is 2.34. The lowest BCUT2D eigenvalue weighted by Gasteiger charge is -2.28. The van der Waals surface area contributed by atoms with Gasteiger partial charge in [0.15, 0.2) is 0 Å². The second-order valence-corrected chi connectivity index (χ2v) is 4.27. The van der Waals surface area contributed by atoms with E-state index >= 15 is 0 Å².